The number of methoxy groups -OCH3 is 2. The second-order valence-corrected chi connectivity index (χ2v) is 8.59. The van der Waals surface area contributed by atoms with Gasteiger partial charge in [0.25, 0.3) is 0 Å². The summed E-state index contributed by atoms with van der Waals surface area (Å²) in [6.45, 7) is 1.20. The maximum atomic E-state index is 10.0. The molecule has 2 aromatic carbocycles. The third-order valence-corrected chi connectivity index (χ3v) is 6.58. The molecular formula is C27H27N5O3. The van der Waals surface area contributed by atoms with Crippen LogP contribution in [0.1, 0.15) is 24.0 Å². The lowest BCUT2D eigenvalue weighted by Gasteiger charge is -2.27. The first-order valence-electron chi connectivity index (χ1n) is 11.6. The van der Waals surface area contributed by atoms with E-state index < -0.39 is 0 Å². The average molecular weight is 470 g/mol. The van der Waals surface area contributed by atoms with Gasteiger partial charge in [-0.1, -0.05) is 0 Å². The van der Waals surface area contributed by atoms with Crippen molar-refractivity contribution in [3.63, 3.8) is 0 Å². The van der Waals surface area contributed by atoms with Crippen LogP contribution in [-0.4, -0.2) is 53.1 Å². The third kappa shape index (κ3) is 4.20. The molecule has 0 amide bonds. The van der Waals surface area contributed by atoms with Crippen LogP contribution in [0.2, 0.25) is 0 Å². The smallest absolute Gasteiger partial charge is 0.156 e. The quantitative estimate of drug-likeness (QED) is 0.436. The molecule has 0 saturated carbocycles. The number of nitriles is 1. The number of aliphatic hydroxyl groups is 1. The predicted octanol–water partition coefficient (Wildman–Crippen LogP) is 4.05. The normalized spacial score (nSPS) is 15.5. The topological polar surface area (TPSA) is 95.9 Å². The molecule has 1 aliphatic rings. The summed E-state index contributed by atoms with van der Waals surface area (Å²) in [6.07, 6.45) is 3.65. The molecule has 35 heavy (non-hydrogen) atoms. The van der Waals surface area contributed by atoms with Gasteiger partial charge in [0.1, 0.15) is 5.75 Å². The SMILES string of the molecule is COCc1c(C#N)cc(N2CCC[C@H]2CO)cc1-c1cc(-c2ccc(OC)cc2)nc2ccnn12. The number of ether oxygens (including phenoxy) is 2. The molecule has 0 spiro atoms. The number of fused-ring (bicyclic) bond motifs is 1. The Morgan fingerprint density at radius 1 is 1.14 bits per heavy atom. The minimum absolute atomic E-state index is 0.0414. The van der Waals surface area contributed by atoms with Crippen LogP contribution in [-0.2, 0) is 11.3 Å². The number of rotatable bonds is 7. The Bertz CT molecular complexity index is 1390. The first kappa shape index (κ1) is 22.8. The fourth-order valence-corrected chi connectivity index (χ4v) is 4.83. The van der Waals surface area contributed by atoms with Gasteiger partial charge >= 0.3 is 0 Å². The standard InChI is InChI=1S/C27H27N5O3/c1-34-17-24-19(15-28)12-21(31-11-3-4-20(31)16-33)13-23(24)26-14-25(30-27-9-10-29-32(26)27)18-5-7-22(35-2)8-6-18/h5-10,12-14,20,33H,3-4,11,16-17H2,1-2H3/t20-/m0/s1. The Hall–Kier alpha value is -3.93. The Morgan fingerprint density at radius 3 is 2.69 bits per heavy atom. The van der Waals surface area contributed by atoms with Gasteiger partial charge in [0.15, 0.2) is 5.65 Å². The molecule has 8 heteroatoms. The van der Waals surface area contributed by atoms with E-state index in [1.807, 2.05) is 42.5 Å². The number of aliphatic hydroxyl groups excluding tert-OH is 1. The zero-order chi connectivity index (χ0) is 24.4. The van der Waals surface area contributed by atoms with Crippen molar-refractivity contribution in [1.29, 1.82) is 5.26 Å². The molecule has 1 aliphatic heterocycles. The van der Waals surface area contributed by atoms with Crippen molar-refractivity contribution < 1.29 is 14.6 Å². The van der Waals surface area contributed by atoms with E-state index >= 15 is 0 Å². The molecular weight excluding hydrogens is 442 g/mol. The molecule has 1 fully saturated rings. The second-order valence-electron chi connectivity index (χ2n) is 8.59. The van der Waals surface area contributed by atoms with Crippen LogP contribution < -0.4 is 9.64 Å². The van der Waals surface area contributed by atoms with E-state index in [2.05, 4.69) is 22.1 Å². The van der Waals surface area contributed by atoms with Crippen molar-refractivity contribution in [3.8, 4) is 34.3 Å². The number of nitrogens with zero attached hydrogens (tertiary/aromatic N) is 5. The minimum atomic E-state index is 0.0414. The summed E-state index contributed by atoms with van der Waals surface area (Å²) >= 11 is 0. The molecule has 0 radical (unpaired) electrons. The zero-order valence-electron chi connectivity index (χ0n) is 19.8. The van der Waals surface area contributed by atoms with Gasteiger partial charge in [-0.3, -0.25) is 0 Å². The molecule has 0 aliphatic carbocycles. The van der Waals surface area contributed by atoms with Gasteiger partial charge in [-0.2, -0.15) is 10.4 Å². The van der Waals surface area contributed by atoms with E-state index in [9.17, 15) is 10.4 Å². The lowest BCUT2D eigenvalue weighted by Crippen LogP contribution is -2.32. The van der Waals surface area contributed by atoms with Gasteiger partial charge in [-0.15, -0.1) is 0 Å². The summed E-state index contributed by atoms with van der Waals surface area (Å²) in [6, 6.07) is 18.0. The fourth-order valence-electron chi connectivity index (χ4n) is 4.83. The lowest BCUT2D eigenvalue weighted by molar-refractivity contribution is 0.185. The van der Waals surface area contributed by atoms with Crippen LogP contribution in [0, 0.1) is 11.3 Å². The molecule has 1 atom stereocenters. The molecule has 4 aromatic rings. The van der Waals surface area contributed by atoms with Gasteiger partial charge < -0.3 is 19.5 Å². The summed E-state index contributed by atoms with van der Waals surface area (Å²) in [7, 11) is 3.27. The van der Waals surface area contributed by atoms with E-state index in [0.717, 1.165) is 58.9 Å². The molecule has 178 valence electrons. The summed E-state index contributed by atoms with van der Waals surface area (Å²) in [4.78, 5) is 7.00. The summed E-state index contributed by atoms with van der Waals surface area (Å²) in [5.41, 5.74) is 6.36. The number of hydrogen-bond donors (Lipinski definition) is 1. The predicted molar refractivity (Wildman–Crippen MR) is 133 cm³/mol. The van der Waals surface area contributed by atoms with E-state index in [0.29, 0.717) is 11.2 Å². The first-order valence-corrected chi connectivity index (χ1v) is 11.6. The maximum absolute atomic E-state index is 10.0. The van der Waals surface area contributed by atoms with E-state index in [-0.39, 0.29) is 19.3 Å². The molecule has 1 saturated heterocycles. The van der Waals surface area contributed by atoms with Crippen LogP contribution >= 0.6 is 0 Å². The van der Waals surface area contributed by atoms with Crippen LogP contribution in [0.15, 0.2) is 54.7 Å². The Morgan fingerprint density at radius 2 is 1.97 bits per heavy atom. The third-order valence-electron chi connectivity index (χ3n) is 6.58. The number of benzene rings is 2. The van der Waals surface area contributed by atoms with E-state index in [4.69, 9.17) is 14.5 Å². The maximum Gasteiger partial charge on any atom is 0.156 e. The number of aromatic nitrogens is 3. The lowest BCUT2D eigenvalue weighted by atomic mass is 9.96. The summed E-state index contributed by atoms with van der Waals surface area (Å²) in [5.74, 6) is 0.775. The highest BCUT2D eigenvalue weighted by Crippen LogP contribution is 2.36. The largest absolute Gasteiger partial charge is 0.497 e. The van der Waals surface area contributed by atoms with Crippen LogP contribution in [0.5, 0.6) is 5.75 Å². The van der Waals surface area contributed by atoms with Crippen molar-refractivity contribution in [2.75, 3.05) is 32.3 Å². The van der Waals surface area contributed by atoms with Gasteiger partial charge in [-0.05, 0) is 55.3 Å². The van der Waals surface area contributed by atoms with Crippen molar-refractivity contribution in [1.82, 2.24) is 14.6 Å². The van der Waals surface area contributed by atoms with Gasteiger partial charge in [0.05, 0.1) is 55.6 Å². The Balaban J connectivity index is 1.74. The first-order chi connectivity index (χ1) is 17.2. The molecule has 3 heterocycles. The van der Waals surface area contributed by atoms with Crippen LogP contribution in [0.25, 0.3) is 28.2 Å². The number of anilines is 1. The molecule has 5 rings (SSSR count). The van der Waals surface area contributed by atoms with Crippen molar-refractivity contribution in [2.24, 2.45) is 0 Å². The Labute approximate surface area is 204 Å². The van der Waals surface area contributed by atoms with Crippen LogP contribution in [0.4, 0.5) is 5.69 Å². The second kappa shape index (κ2) is 9.74. The van der Waals surface area contributed by atoms with E-state index in [1.165, 1.54) is 0 Å². The molecule has 2 aromatic heterocycles. The van der Waals surface area contributed by atoms with Gasteiger partial charge in [-0.25, -0.2) is 9.50 Å². The molecule has 0 unspecified atom stereocenters. The van der Waals surface area contributed by atoms with Crippen LogP contribution in [0.3, 0.4) is 0 Å². The summed E-state index contributed by atoms with van der Waals surface area (Å²) < 4.78 is 12.6. The fraction of sp³-hybridized carbons (Fsp3) is 0.296. The highest BCUT2D eigenvalue weighted by molar-refractivity contribution is 5.78. The minimum Gasteiger partial charge on any atom is -0.497 e. The highest BCUT2D eigenvalue weighted by atomic mass is 16.5. The number of hydrogen-bond acceptors (Lipinski definition) is 7. The average Bonchev–Trinajstić information content (AvgIpc) is 3.58. The molecule has 1 N–H and O–H groups in total. The molecule has 8 nitrogen and oxygen atoms in total. The Kier molecular flexibility index (Phi) is 6.36. The van der Waals surface area contributed by atoms with Crippen molar-refractivity contribution in [2.45, 2.75) is 25.5 Å². The highest BCUT2D eigenvalue weighted by Gasteiger charge is 2.26. The van der Waals surface area contributed by atoms with Crippen molar-refractivity contribution >= 4 is 11.3 Å². The zero-order valence-corrected chi connectivity index (χ0v) is 19.8. The monoisotopic (exact) mass is 469 g/mol. The van der Waals surface area contributed by atoms with Crippen molar-refractivity contribution in [3.05, 3.63) is 65.9 Å². The van der Waals surface area contributed by atoms with Gasteiger partial charge in [0.2, 0.25) is 0 Å². The van der Waals surface area contributed by atoms with Gasteiger partial charge in [0, 0.05) is 42.1 Å². The molecule has 0 bridgehead atoms. The van der Waals surface area contributed by atoms with E-state index in [1.54, 1.807) is 24.9 Å². The summed E-state index contributed by atoms with van der Waals surface area (Å²) in [5, 5.41) is 24.5.